The van der Waals surface area contributed by atoms with E-state index in [0.29, 0.717) is 32.9 Å². The number of benzene rings is 1. The normalized spacial score (nSPS) is 11.2. The van der Waals surface area contributed by atoms with Crippen molar-refractivity contribution in [2.45, 2.75) is 13.5 Å². The number of rotatable bonds is 6. The Morgan fingerprint density at radius 1 is 1.31 bits per heavy atom. The molecule has 0 unspecified atom stereocenters. The maximum atomic E-state index is 12.2. The third-order valence-electron chi connectivity index (χ3n) is 3.85. The number of carbonyl (C=O) groups excluding carboxylic acids is 1. The molecule has 3 rings (SSSR count). The van der Waals surface area contributed by atoms with Gasteiger partial charge in [0.05, 0.1) is 16.8 Å². The second-order valence-corrected chi connectivity index (χ2v) is 6.48. The second kappa shape index (κ2) is 7.81. The molecule has 0 saturated carbocycles. The fourth-order valence-corrected chi connectivity index (χ4v) is 2.75. The first-order valence-corrected chi connectivity index (χ1v) is 8.57. The number of ether oxygens (including phenoxy) is 1. The van der Waals surface area contributed by atoms with E-state index in [2.05, 4.69) is 5.10 Å². The Morgan fingerprint density at radius 2 is 2.12 bits per heavy atom. The van der Waals surface area contributed by atoms with Crippen LogP contribution in [0.4, 0.5) is 0 Å². The standard InChI is InChI=1S/C19H16Cl2N2O3/c1-12-16(10-22-23(12)2)18(24)7-6-14-4-5-15(26-14)11-25-19-8-3-13(20)9-17(19)21/h3-10H,11H2,1-2H3/b7-6+. The van der Waals surface area contributed by atoms with E-state index in [4.69, 9.17) is 32.4 Å². The number of halogens is 2. The Bertz CT molecular complexity index is 973. The molecule has 3 aromatic rings. The van der Waals surface area contributed by atoms with Gasteiger partial charge in [0.25, 0.3) is 0 Å². The number of allylic oxidation sites excluding steroid dienone is 1. The number of hydrogen-bond acceptors (Lipinski definition) is 4. The summed E-state index contributed by atoms with van der Waals surface area (Å²) in [6.07, 6.45) is 4.64. The van der Waals surface area contributed by atoms with Gasteiger partial charge in [0.2, 0.25) is 0 Å². The minimum absolute atomic E-state index is 0.127. The number of carbonyl (C=O) groups is 1. The highest BCUT2D eigenvalue weighted by Gasteiger charge is 2.10. The van der Waals surface area contributed by atoms with Crippen LogP contribution in [0.3, 0.4) is 0 Å². The van der Waals surface area contributed by atoms with Crippen LogP contribution in [0.1, 0.15) is 27.6 Å². The lowest BCUT2D eigenvalue weighted by atomic mass is 10.1. The van der Waals surface area contributed by atoms with Crippen molar-refractivity contribution in [1.29, 1.82) is 0 Å². The minimum Gasteiger partial charge on any atom is -0.484 e. The van der Waals surface area contributed by atoms with Crippen molar-refractivity contribution >= 4 is 35.1 Å². The van der Waals surface area contributed by atoms with Crippen LogP contribution in [-0.4, -0.2) is 15.6 Å². The van der Waals surface area contributed by atoms with Gasteiger partial charge in [0.1, 0.15) is 23.9 Å². The highest BCUT2D eigenvalue weighted by molar-refractivity contribution is 6.35. The maximum Gasteiger partial charge on any atom is 0.189 e. The molecule has 7 heteroatoms. The van der Waals surface area contributed by atoms with Crippen LogP contribution in [0.25, 0.3) is 6.08 Å². The van der Waals surface area contributed by atoms with E-state index in [-0.39, 0.29) is 12.4 Å². The van der Waals surface area contributed by atoms with Gasteiger partial charge >= 0.3 is 0 Å². The fourth-order valence-electron chi connectivity index (χ4n) is 2.29. The van der Waals surface area contributed by atoms with Gasteiger partial charge in [-0.1, -0.05) is 23.2 Å². The molecular formula is C19H16Cl2N2O3. The minimum atomic E-state index is -0.127. The van der Waals surface area contributed by atoms with Crippen molar-refractivity contribution in [2.24, 2.45) is 7.05 Å². The predicted molar refractivity (Wildman–Crippen MR) is 101 cm³/mol. The van der Waals surface area contributed by atoms with Crippen LogP contribution >= 0.6 is 23.2 Å². The van der Waals surface area contributed by atoms with Crippen molar-refractivity contribution in [3.8, 4) is 5.75 Å². The summed E-state index contributed by atoms with van der Waals surface area (Å²) >= 11 is 11.9. The molecule has 5 nitrogen and oxygen atoms in total. The lowest BCUT2D eigenvalue weighted by Crippen LogP contribution is -1.98. The van der Waals surface area contributed by atoms with Crippen molar-refractivity contribution in [3.63, 3.8) is 0 Å². The van der Waals surface area contributed by atoms with Gasteiger partial charge in [0, 0.05) is 17.8 Å². The average molecular weight is 391 g/mol. The third-order valence-corrected chi connectivity index (χ3v) is 4.38. The van der Waals surface area contributed by atoms with Gasteiger partial charge in [-0.05, 0) is 49.4 Å². The van der Waals surface area contributed by atoms with Crippen molar-refractivity contribution < 1.29 is 13.9 Å². The first-order chi connectivity index (χ1) is 12.4. The Hall–Kier alpha value is -2.50. The SMILES string of the molecule is Cc1c(C(=O)/C=C/c2ccc(COc3ccc(Cl)cc3Cl)o2)cnn1C. The topological polar surface area (TPSA) is 57.3 Å². The summed E-state index contributed by atoms with van der Waals surface area (Å²) < 4.78 is 12.9. The Kier molecular flexibility index (Phi) is 5.49. The first-order valence-electron chi connectivity index (χ1n) is 7.81. The quantitative estimate of drug-likeness (QED) is 0.433. The summed E-state index contributed by atoms with van der Waals surface area (Å²) in [5.74, 6) is 1.56. The Labute approximate surface area is 160 Å². The van der Waals surface area contributed by atoms with Gasteiger partial charge in [-0.3, -0.25) is 9.48 Å². The first kappa shape index (κ1) is 18.3. The van der Waals surface area contributed by atoms with Gasteiger partial charge in [-0.2, -0.15) is 5.10 Å². The molecule has 0 aliphatic rings. The smallest absolute Gasteiger partial charge is 0.189 e. The molecule has 0 bridgehead atoms. The predicted octanol–water partition coefficient (Wildman–Crippen LogP) is 5.10. The third kappa shape index (κ3) is 4.18. The number of aryl methyl sites for hydroxylation is 1. The molecule has 1 aromatic carbocycles. The molecule has 0 atom stereocenters. The van der Waals surface area contributed by atoms with Crippen molar-refractivity contribution in [1.82, 2.24) is 9.78 Å². The number of hydrogen-bond donors (Lipinski definition) is 0. The Morgan fingerprint density at radius 3 is 2.81 bits per heavy atom. The molecule has 134 valence electrons. The van der Waals surface area contributed by atoms with E-state index in [1.54, 1.807) is 54.3 Å². The van der Waals surface area contributed by atoms with Crippen LogP contribution in [0, 0.1) is 6.92 Å². The molecule has 0 N–H and O–H groups in total. The molecule has 0 aliphatic carbocycles. The highest BCUT2D eigenvalue weighted by atomic mass is 35.5. The number of furan rings is 1. The zero-order chi connectivity index (χ0) is 18.7. The summed E-state index contributed by atoms with van der Waals surface area (Å²) in [5.41, 5.74) is 1.38. The number of ketones is 1. The zero-order valence-corrected chi connectivity index (χ0v) is 15.7. The van der Waals surface area contributed by atoms with E-state index in [9.17, 15) is 4.79 Å². The maximum absolute atomic E-state index is 12.2. The van der Waals surface area contributed by atoms with Gasteiger partial charge < -0.3 is 9.15 Å². The Balaban J connectivity index is 1.62. The largest absolute Gasteiger partial charge is 0.484 e. The van der Waals surface area contributed by atoms with Gasteiger partial charge in [0.15, 0.2) is 5.78 Å². The summed E-state index contributed by atoms with van der Waals surface area (Å²) in [5, 5.41) is 5.04. The van der Waals surface area contributed by atoms with Crippen LogP contribution in [-0.2, 0) is 13.7 Å². The highest BCUT2D eigenvalue weighted by Crippen LogP contribution is 2.28. The molecule has 0 fully saturated rings. The van der Waals surface area contributed by atoms with Crippen molar-refractivity contribution in [2.75, 3.05) is 0 Å². The van der Waals surface area contributed by atoms with Crippen LogP contribution in [0.2, 0.25) is 10.0 Å². The van der Waals surface area contributed by atoms with Crippen LogP contribution in [0.15, 0.2) is 47.0 Å². The molecule has 26 heavy (non-hydrogen) atoms. The number of nitrogens with zero attached hydrogens (tertiary/aromatic N) is 2. The van der Waals surface area contributed by atoms with Gasteiger partial charge in [-0.25, -0.2) is 0 Å². The molecule has 0 radical (unpaired) electrons. The fraction of sp³-hybridized carbons (Fsp3) is 0.158. The zero-order valence-electron chi connectivity index (χ0n) is 14.2. The monoisotopic (exact) mass is 390 g/mol. The second-order valence-electron chi connectivity index (χ2n) is 5.63. The summed E-state index contributed by atoms with van der Waals surface area (Å²) in [6.45, 7) is 2.06. The lowest BCUT2D eigenvalue weighted by Gasteiger charge is -2.06. The molecule has 0 saturated heterocycles. The molecule has 0 spiro atoms. The van der Waals surface area contributed by atoms with Crippen LogP contribution < -0.4 is 4.74 Å². The lowest BCUT2D eigenvalue weighted by molar-refractivity contribution is 0.104. The summed E-state index contributed by atoms with van der Waals surface area (Å²) in [4.78, 5) is 12.2. The van der Waals surface area contributed by atoms with E-state index in [1.165, 1.54) is 6.08 Å². The molecule has 0 amide bonds. The van der Waals surface area contributed by atoms with E-state index < -0.39 is 0 Å². The van der Waals surface area contributed by atoms with Crippen molar-refractivity contribution in [3.05, 3.63) is 75.4 Å². The van der Waals surface area contributed by atoms with E-state index in [1.807, 2.05) is 6.92 Å². The molecular weight excluding hydrogens is 375 g/mol. The summed E-state index contributed by atoms with van der Waals surface area (Å²) in [6, 6.07) is 8.56. The molecule has 2 heterocycles. The van der Waals surface area contributed by atoms with Crippen LogP contribution in [0.5, 0.6) is 5.75 Å². The van der Waals surface area contributed by atoms with Gasteiger partial charge in [-0.15, -0.1) is 0 Å². The molecule has 0 aliphatic heterocycles. The van der Waals surface area contributed by atoms with E-state index in [0.717, 1.165) is 5.69 Å². The van der Waals surface area contributed by atoms with E-state index >= 15 is 0 Å². The average Bonchev–Trinajstić information content (AvgIpc) is 3.19. The number of aromatic nitrogens is 2. The summed E-state index contributed by atoms with van der Waals surface area (Å²) in [7, 11) is 1.79. The molecule has 2 aromatic heterocycles.